The van der Waals surface area contributed by atoms with E-state index in [9.17, 15) is 13.9 Å². The summed E-state index contributed by atoms with van der Waals surface area (Å²) in [5.74, 6) is -0.126. The number of phenols is 1. The van der Waals surface area contributed by atoms with Crippen LogP contribution in [0.1, 0.15) is 18.5 Å². The van der Waals surface area contributed by atoms with E-state index in [-0.39, 0.29) is 17.9 Å². The second-order valence-electron chi connectivity index (χ2n) is 9.07. The molecule has 166 valence electrons. The lowest BCUT2D eigenvalue weighted by Crippen LogP contribution is -2.50. The van der Waals surface area contributed by atoms with Gasteiger partial charge in [0.15, 0.2) is 5.67 Å². The molecule has 4 heterocycles. The van der Waals surface area contributed by atoms with Crippen LogP contribution in [-0.2, 0) is 0 Å². The maximum atomic E-state index is 14.9. The second kappa shape index (κ2) is 6.71. The monoisotopic (exact) mass is 439 g/mol. The molecule has 7 nitrogen and oxygen atoms in total. The Kier molecular flexibility index (Phi) is 4.11. The van der Waals surface area contributed by atoms with Crippen LogP contribution >= 0.6 is 0 Å². The van der Waals surface area contributed by atoms with Crippen molar-refractivity contribution in [1.29, 1.82) is 0 Å². The number of hydrogen-bond donors (Lipinski definition) is 1. The molecule has 1 N–H and O–H groups in total. The van der Waals surface area contributed by atoms with Crippen molar-refractivity contribution in [1.82, 2.24) is 24.9 Å². The fourth-order valence-corrected chi connectivity index (χ4v) is 5.56. The third-order valence-electron chi connectivity index (χ3n) is 7.24. The fraction of sp³-hybridized carbons (Fsp3) is 0.435. The number of hydrogen-bond acceptors (Lipinski definition) is 6. The molecule has 2 bridgehead atoms. The highest BCUT2D eigenvalue weighted by Crippen LogP contribution is 2.65. The Balaban J connectivity index is 1.16. The van der Waals surface area contributed by atoms with Gasteiger partial charge in [0.2, 0.25) is 5.88 Å². The van der Waals surface area contributed by atoms with Gasteiger partial charge in [-0.25, -0.2) is 13.5 Å². The normalized spacial score (nSPS) is 33.2. The first-order valence-corrected chi connectivity index (χ1v) is 10.8. The molecule has 1 aliphatic carbocycles. The van der Waals surface area contributed by atoms with Gasteiger partial charge < -0.3 is 9.84 Å². The smallest absolute Gasteiger partial charge is 0.233 e. The predicted molar refractivity (Wildman–Crippen MR) is 112 cm³/mol. The molecule has 3 aromatic rings. The van der Waals surface area contributed by atoms with E-state index in [1.54, 1.807) is 28.9 Å². The SMILES string of the molecule is Cc1ccn(-c2ccc(-c3ccc(OC4CC5C6C(F)C6(F)C(C4)N5C)nn3)c(O)c2)n1. The number of rotatable bonds is 4. The van der Waals surface area contributed by atoms with Gasteiger partial charge in [-0.05, 0) is 38.2 Å². The molecule has 0 radical (unpaired) electrons. The summed E-state index contributed by atoms with van der Waals surface area (Å²) < 4.78 is 36.5. The highest BCUT2D eigenvalue weighted by atomic mass is 19.2. The summed E-state index contributed by atoms with van der Waals surface area (Å²) in [6.07, 6.45) is 1.26. The van der Waals surface area contributed by atoms with Crippen LogP contribution in [0.3, 0.4) is 0 Å². The van der Waals surface area contributed by atoms with Gasteiger partial charge in [0, 0.05) is 48.7 Å². The number of piperidine rings is 2. The average molecular weight is 439 g/mol. The minimum absolute atomic E-state index is 0.0683. The summed E-state index contributed by atoms with van der Waals surface area (Å²) in [4.78, 5) is 1.96. The van der Waals surface area contributed by atoms with Gasteiger partial charge in [-0.15, -0.1) is 10.2 Å². The van der Waals surface area contributed by atoms with Gasteiger partial charge >= 0.3 is 0 Å². The summed E-state index contributed by atoms with van der Waals surface area (Å²) in [6.45, 7) is 1.90. The van der Waals surface area contributed by atoms with Crippen molar-refractivity contribution >= 4 is 0 Å². The molecule has 3 aliphatic rings. The Morgan fingerprint density at radius 1 is 1.16 bits per heavy atom. The number of fused-ring (bicyclic) bond motifs is 5. The zero-order valence-corrected chi connectivity index (χ0v) is 17.7. The molecule has 0 amide bonds. The summed E-state index contributed by atoms with van der Waals surface area (Å²) >= 11 is 0. The molecular weight excluding hydrogens is 416 g/mol. The molecule has 0 spiro atoms. The van der Waals surface area contributed by atoms with E-state index in [4.69, 9.17) is 4.74 Å². The van der Waals surface area contributed by atoms with Crippen LogP contribution in [0.2, 0.25) is 0 Å². The summed E-state index contributed by atoms with van der Waals surface area (Å²) in [6, 6.07) is 9.95. The van der Waals surface area contributed by atoms with E-state index >= 15 is 0 Å². The minimum Gasteiger partial charge on any atom is -0.507 e. The molecule has 6 atom stereocenters. The van der Waals surface area contributed by atoms with Crippen molar-refractivity contribution in [2.45, 2.75) is 49.8 Å². The number of halogens is 2. The molecule has 3 fully saturated rings. The van der Waals surface area contributed by atoms with Crippen molar-refractivity contribution in [2.75, 3.05) is 7.05 Å². The Morgan fingerprint density at radius 2 is 2.00 bits per heavy atom. The zero-order chi connectivity index (χ0) is 22.2. The Bertz CT molecular complexity index is 1190. The van der Waals surface area contributed by atoms with E-state index in [1.807, 2.05) is 37.2 Å². The molecule has 2 aromatic heterocycles. The minimum atomic E-state index is -1.72. The van der Waals surface area contributed by atoms with E-state index in [0.717, 1.165) is 11.4 Å². The van der Waals surface area contributed by atoms with Crippen LogP contribution in [-0.4, -0.2) is 67.1 Å². The first-order valence-electron chi connectivity index (χ1n) is 10.8. The topological polar surface area (TPSA) is 76.3 Å². The number of phenolic OH excluding ortho intramolecular Hbond substituents is 1. The van der Waals surface area contributed by atoms with Gasteiger partial charge in [0.05, 0.1) is 23.1 Å². The second-order valence-corrected chi connectivity index (χ2v) is 9.07. The lowest BCUT2D eigenvalue weighted by Gasteiger charge is -2.39. The lowest BCUT2D eigenvalue weighted by molar-refractivity contribution is 0.0112. The molecule has 9 heteroatoms. The Morgan fingerprint density at radius 3 is 2.66 bits per heavy atom. The standard InChI is InChI=1S/C23H23F2N5O2/c1-12-7-8-30(28-12)13-3-4-15(18(31)9-13)16-5-6-20(27-26-16)32-14-10-17-21-22(24)23(21,25)19(11-14)29(17)2/h3-9,14,17,19,21-22,31H,10-11H2,1-2H3. The lowest BCUT2D eigenvalue weighted by atomic mass is 9.95. The van der Waals surface area contributed by atoms with Crippen molar-refractivity contribution < 1.29 is 18.6 Å². The largest absolute Gasteiger partial charge is 0.507 e. The number of aromatic hydroxyl groups is 1. The Labute approximate surface area is 183 Å². The average Bonchev–Trinajstić information content (AvgIpc) is 3.03. The van der Waals surface area contributed by atoms with Gasteiger partial charge in [-0.3, -0.25) is 4.90 Å². The van der Waals surface area contributed by atoms with Gasteiger partial charge in [0.1, 0.15) is 18.0 Å². The van der Waals surface area contributed by atoms with Crippen LogP contribution in [0, 0.1) is 12.8 Å². The number of benzene rings is 1. The van der Waals surface area contributed by atoms with Gasteiger partial charge in [-0.2, -0.15) is 5.10 Å². The quantitative estimate of drug-likeness (QED) is 0.673. The van der Waals surface area contributed by atoms with E-state index in [2.05, 4.69) is 15.3 Å². The number of alkyl halides is 2. The van der Waals surface area contributed by atoms with Crippen molar-refractivity contribution in [2.24, 2.45) is 5.92 Å². The Hall–Kier alpha value is -3.07. The first-order chi connectivity index (χ1) is 15.4. The third-order valence-corrected chi connectivity index (χ3v) is 7.24. The fourth-order valence-electron chi connectivity index (χ4n) is 5.56. The van der Waals surface area contributed by atoms with Gasteiger partial charge in [-0.1, -0.05) is 0 Å². The molecule has 2 saturated heterocycles. The summed E-state index contributed by atoms with van der Waals surface area (Å²) in [5, 5.41) is 23.2. The maximum Gasteiger partial charge on any atom is 0.233 e. The molecule has 6 unspecified atom stereocenters. The van der Waals surface area contributed by atoms with E-state index in [0.29, 0.717) is 30.0 Å². The molecule has 2 aliphatic heterocycles. The van der Waals surface area contributed by atoms with Crippen LogP contribution in [0.5, 0.6) is 11.6 Å². The van der Waals surface area contributed by atoms with Crippen LogP contribution in [0.25, 0.3) is 16.9 Å². The van der Waals surface area contributed by atoms with Crippen molar-refractivity contribution in [3.63, 3.8) is 0 Å². The van der Waals surface area contributed by atoms with Gasteiger partial charge in [0.25, 0.3) is 0 Å². The summed E-state index contributed by atoms with van der Waals surface area (Å²) in [5.41, 5.74) is 0.957. The van der Waals surface area contributed by atoms with E-state index in [1.165, 1.54) is 0 Å². The number of nitrogens with zero attached hydrogens (tertiary/aromatic N) is 5. The van der Waals surface area contributed by atoms with E-state index < -0.39 is 23.8 Å². The first kappa shape index (κ1) is 19.6. The maximum absolute atomic E-state index is 14.9. The number of aryl methyl sites for hydroxylation is 1. The molecule has 1 saturated carbocycles. The zero-order valence-electron chi connectivity index (χ0n) is 17.7. The number of ether oxygens (including phenoxy) is 1. The van der Waals surface area contributed by atoms with Crippen LogP contribution in [0.15, 0.2) is 42.6 Å². The highest BCUT2D eigenvalue weighted by molar-refractivity contribution is 5.68. The molecule has 6 rings (SSSR count). The summed E-state index contributed by atoms with van der Waals surface area (Å²) in [7, 11) is 1.87. The number of aromatic nitrogens is 4. The highest BCUT2D eigenvalue weighted by Gasteiger charge is 2.81. The van der Waals surface area contributed by atoms with Crippen LogP contribution < -0.4 is 4.74 Å². The molecular formula is C23H23F2N5O2. The molecule has 1 aromatic carbocycles. The van der Waals surface area contributed by atoms with Crippen molar-refractivity contribution in [3.8, 4) is 28.6 Å². The van der Waals surface area contributed by atoms with Crippen molar-refractivity contribution in [3.05, 3.63) is 48.3 Å². The van der Waals surface area contributed by atoms with Crippen LogP contribution in [0.4, 0.5) is 8.78 Å². The molecule has 32 heavy (non-hydrogen) atoms. The predicted octanol–water partition coefficient (Wildman–Crippen LogP) is 3.24. The third kappa shape index (κ3) is 2.76.